The van der Waals surface area contributed by atoms with Crippen LogP contribution in [0.5, 0.6) is 0 Å². The first-order chi connectivity index (χ1) is 22.2. The Morgan fingerprint density at radius 2 is 1.89 bits per heavy atom. The molecule has 0 radical (unpaired) electrons. The van der Waals surface area contributed by atoms with Gasteiger partial charge in [-0.15, -0.1) is 0 Å². The number of alkyl carbamates (subject to hydrolysis) is 1. The molecule has 2 aromatic carbocycles. The maximum absolute atomic E-state index is 13.5. The predicted molar refractivity (Wildman–Crippen MR) is 170 cm³/mol. The van der Waals surface area contributed by atoms with Crippen LogP contribution in [-0.4, -0.2) is 77.4 Å². The fourth-order valence-electron chi connectivity index (χ4n) is 5.71. The van der Waals surface area contributed by atoms with Crippen molar-refractivity contribution in [2.45, 2.75) is 38.1 Å². The van der Waals surface area contributed by atoms with Gasteiger partial charge in [0.2, 0.25) is 0 Å². The number of aryl methyl sites for hydroxylation is 1. The molecule has 0 unspecified atom stereocenters. The van der Waals surface area contributed by atoms with E-state index in [1.807, 2.05) is 42.5 Å². The zero-order valence-corrected chi connectivity index (χ0v) is 26.0. The minimum Gasteiger partial charge on any atom is -0.447 e. The van der Waals surface area contributed by atoms with Crippen LogP contribution in [0.3, 0.4) is 0 Å². The zero-order chi connectivity index (χ0) is 32.3. The number of aliphatic hydroxyl groups is 2. The summed E-state index contributed by atoms with van der Waals surface area (Å²) < 4.78 is 13.2. The maximum atomic E-state index is 13.5. The molecule has 5 aromatic rings. The minimum absolute atomic E-state index is 0.0662. The Morgan fingerprint density at radius 1 is 1.13 bits per heavy atom. The molecule has 0 aliphatic carbocycles. The van der Waals surface area contributed by atoms with Gasteiger partial charge in [0.05, 0.1) is 37.0 Å². The van der Waals surface area contributed by atoms with Crippen LogP contribution in [0.25, 0.3) is 33.6 Å². The molecule has 240 valence electrons. The molecule has 14 heteroatoms. The number of oxazole rings is 1. The summed E-state index contributed by atoms with van der Waals surface area (Å²) in [5.74, 6) is 0.654. The van der Waals surface area contributed by atoms with Crippen molar-refractivity contribution >= 4 is 28.7 Å². The first-order valence-corrected chi connectivity index (χ1v) is 15.3. The lowest BCUT2D eigenvalue weighted by molar-refractivity contribution is -0.0364. The van der Waals surface area contributed by atoms with E-state index in [1.54, 1.807) is 17.9 Å². The Morgan fingerprint density at radius 3 is 2.59 bits per heavy atom. The number of likely N-dealkylation sites (tertiary alicyclic amines) is 1. The summed E-state index contributed by atoms with van der Waals surface area (Å²) in [4.78, 5) is 35.9. The lowest BCUT2D eigenvalue weighted by Crippen LogP contribution is -2.47. The van der Waals surface area contributed by atoms with Crippen molar-refractivity contribution in [2.75, 3.05) is 26.3 Å². The lowest BCUT2D eigenvalue weighted by Gasteiger charge is -2.38. The van der Waals surface area contributed by atoms with Gasteiger partial charge >= 0.3 is 6.09 Å². The average Bonchev–Trinajstić information content (AvgIpc) is 3.71. The number of piperidine rings is 1. The van der Waals surface area contributed by atoms with Gasteiger partial charge in [-0.2, -0.15) is 5.10 Å². The van der Waals surface area contributed by atoms with Gasteiger partial charge < -0.3 is 24.7 Å². The van der Waals surface area contributed by atoms with Crippen molar-refractivity contribution in [2.24, 2.45) is 7.05 Å². The number of nitrogens with zero attached hydrogens (tertiary/aromatic N) is 6. The van der Waals surface area contributed by atoms with Crippen LogP contribution >= 0.6 is 11.6 Å². The number of aromatic nitrogens is 5. The number of ether oxygens (including phenoxy) is 1. The first kappa shape index (κ1) is 31.4. The molecule has 0 spiro atoms. The smallest absolute Gasteiger partial charge is 0.407 e. The van der Waals surface area contributed by atoms with Crippen molar-refractivity contribution in [3.8, 4) is 22.6 Å². The molecular weight excluding hydrogens is 614 g/mol. The molecule has 1 saturated heterocycles. The summed E-state index contributed by atoms with van der Waals surface area (Å²) in [6.07, 6.45) is 4.87. The molecule has 0 bridgehead atoms. The van der Waals surface area contributed by atoms with Crippen LogP contribution in [0, 0.1) is 0 Å². The standard InChI is InChI=1S/C32H34ClN7O6/c1-38-29(22-4-2-21(3-5-22)15-35-31(43)45-13-12-41)27-28(37-38)30(42)40(19-36-27)18-32(44)8-10-39(11-9-32)17-24-7-6-23(14-25(24)33)26-16-34-20-46-26/h2-7,14,16,19-20,41,44H,8-13,15,17-18H2,1H3,(H,35,43). The minimum atomic E-state index is -1.07. The molecule has 4 heterocycles. The Balaban J connectivity index is 1.10. The van der Waals surface area contributed by atoms with Crippen molar-refractivity contribution < 1.29 is 24.2 Å². The molecule has 0 atom stereocenters. The molecular formula is C32H34ClN7O6. The highest BCUT2D eigenvalue weighted by Crippen LogP contribution is 2.30. The highest BCUT2D eigenvalue weighted by molar-refractivity contribution is 6.31. The molecule has 0 saturated carbocycles. The monoisotopic (exact) mass is 647 g/mol. The molecule has 13 nitrogen and oxygen atoms in total. The lowest BCUT2D eigenvalue weighted by atomic mass is 9.91. The highest BCUT2D eigenvalue weighted by atomic mass is 35.5. The third kappa shape index (κ3) is 6.82. The van der Waals surface area contributed by atoms with E-state index in [1.165, 1.54) is 17.3 Å². The number of benzene rings is 2. The van der Waals surface area contributed by atoms with E-state index in [9.17, 15) is 14.7 Å². The fraction of sp³-hybridized carbons (Fsp3) is 0.344. The summed E-state index contributed by atoms with van der Waals surface area (Å²) in [6, 6.07) is 13.2. The molecule has 3 aromatic heterocycles. The topological polar surface area (TPSA) is 161 Å². The maximum Gasteiger partial charge on any atom is 0.407 e. The third-order valence-electron chi connectivity index (χ3n) is 8.22. The second kappa shape index (κ2) is 13.4. The third-order valence-corrected chi connectivity index (χ3v) is 8.57. The molecule has 1 amide bonds. The van der Waals surface area contributed by atoms with E-state index in [0.717, 1.165) is 22.3 Å². The summed E-state index contributed by atoms with van der Waals surface area (Å²) >= 11 is 6.57. The zero-order valence-electron chi connectivity index (χ0n) is 25.2. The molecule has 6 rings (SSSR count). The van der Waals surface area contributed by atoms with Crippen molar-refractivity contribution in [1.29, 1.82) is 0 Å². The summed E-state index contributed by atoms with van der Waals surface area (Å²) in [7, 11) is 1.75. The normalized spacial score (nSPS) is 14.9. The van der Waals surface area contributed by atoms with Gasteiger partial charge in [0.25, 0.3) is 5.56 Å². The van der Waals surface area contributed by atoms with E-state index in [0.29, 0.717) is 54.5 Å². The van der Waals surface area contributed by atoms with E-state index in [-0.39, 0.29) is 37.4 Å². The Kier molecular flexibility index (Phi) is 9.17. The number of amides is 1. The average molecular weight is 648 g/mol. The number of hydrogen-bond donors (Lipinski definition) is 3. The number of aliphatic hydroxyl groups excluding tert-OH is 1. The number of fused-ring (bicyclic) bond motifs is 1. The summed E-state index contributed by atoms with van der Waals surface area (Å²) in [5.41, 5.74) is 3.48. The first-order valence-electron chi connectivity index (χ1n) is 14.9. The second-order valence-corrected chi connectivity index (χ2v) is 11.8. The van der Waals surface area contributed by atoms with Crippen LogP contribution in [0.4, 0.5) is 4.79 Å². The van der Waals surface area contributed by atoms with Crippen LogP contribution < -0.4 is 10.9 Å². The Hall–Kier alpha value is -4.56. The number of nitrogens with one attached hydrogen (secondary N) is 1. The van der Waals surface area contributed by atoms with E-state index in [2.05, 4.69) is 25.3 Å². The number of halogens is 1. The summed E-state index contributed by atoms with van der Waals surface area (Å²) in [6.45, 7) is 2.00. The molecule has 1 aliphatic heterocycles. The van der Waals surface area contributed by atoms with Crippen LogP contribution in [0.2, 0.25) is 5.02 Å². The number of hydrogen-bond acceptors (Lipinski definition) is 10. The van der Waals surface area contributed by atoms with Gasteiger partial charge in [-0.25, -0.2) is 14.8 Å². The van der Waals surface area contributed by atoms with Crippen LogP contribution in [0.1, 0.15) is 24.0 Å². The molecule has 1 fully saturated rings. The van der Waals surface area contributed by atoms with Crippen molar-refractivity contribution in [1.82, 2.24) is 34.5 Å². The second-order valence-electron chi connectivity index (χ2n) is 11.4. The predicted octanol–water partition coefficient (Wildman–Crippen LogP) is 3.35. The number of carbonyl (C=O) groups excluding carboxylic acids is 1. The van der Waals surface area contributed by atoms with E-state index < -0.39 is 11.7 Å². The van der Waals surface area contributed by atoms with Gasteiger partial charge in [0.15, 0.2) is 17.7 Å². The van der Waals surface area contributed by atoms with Gasteiger partial charge in [0, 0.05) is 49.4 Å². The van der Waals surface area contributed by atoms with Gasteiger partial charge in [-0.1, -0.05) is 48.0 Å². The van der Waals surface area contributed by atoms with Crippen LogP contribution in [-0.2, 0) is 31.4 Å². The fourth-order valence-corrected chi connectivity index (χ4v) is 5.95. The van der Waals surface area contributed by atoms with Crippen molar-refractivity contribution in [3.63, 3.8) is 0 Å². The molecule has 3 N–H and O–H groups in total. The Bertz CT molecular complexity index is 1880. The highest BCUT2D eigenvalue weighted by Gasteiger charge is 2.33. The largest absolute Gasteiger partial charge is 0.447 e. The molecule has 1 aliphatic rings. The Labute approximate surface area is 269 Å². The van der Waals surface area contributed by atoms with Gasteiger partial charge in [-0.3, -0.25) is 18.9 Å². The number of carbonyl (C=O) groups is 1. The summed E-state index contributed by atoms with van der Waals surface area (Å²) in [5, 5.41) is 28.0. The van der Waals surface area contributed by atoms with Gasteiger partial charge in [-0.05, 0) is 30.0 Å². The van der Waals surface area contributed by atoms with Crippen LogP contribution in [0.15, 0.2) is 70.6 Å². The van der Waals surface area contributed by atoms with E-state index in [4.69, 9.17) is 25.9 Å². The van der Waals surface area contributed by atoms with E-state index >= 15 is 0 Å². The number of rotatable bonds is 10. The molecule has 46 heavy (non-hydrogen) atoms. The quantitative estimate of drug-likeness (QED) is 0.205. The van der Waals surface area contributed by atoms with Gasteiger partial charge in [0.1, 0.15) is 12.1 Å². The SMILES string of the molecule is Cn1nc2c(=O)n(CC3(O)CCN(Cc4ccc(-c5cnco5)cc4Cl)CC3)cnc2c1-c1ccc(CNC(=O)OCCO)cc1. The van der Waals surface area contributed by atoms with Crippen molar-refractivity contribution in [3.05, 3.63) is 87.9 Å².